The van der Waals surface area contributed by atoms with Gasteiger partial charge in [0.15, 0.2) is 0 Å². The molecular weight excluding hydrogens is 427 g/mol. The number of piperidine rings is 1. The Morgan fingerprint density at radius 3 is 2.53 bits per heavy atom. The molecule has 1 aliphatic heterocycles. The van der Waals surface area contributed by atoms with Crippen molar-refractivity contribution in [3.8, 4) is 5.69 Å². The average molecular weight is 457 g/mol. The van der Waals surface area contributed by atoms with E-state index >= 15 is 0 Å². The summed E-state index contributed by atoms with van der Waals surface area (Å²) >= 11 is 6.35. The number of hydrogen-bond donors (Lipinski definition) is 1. The molecule has 1 aromatic heterocycles. The Morgan fingerprint density at radius 1 is 1.19 bits per heavy atom. The number of amides is 2. The molecule has 0 aliphatic carbocycles. The molecule has 2 amide bonds. The predicted molar refractivity (Wildman–Crippen MR) is 128 cm³/mol. The SMILES string of the molecule is CNC(=O)N(C)CCN1CCC(c2c(C)n(-c3ccc(F)cc3)c3cc(Cl)ccc23)CC1. The van der Waals surface area contributed by atoms with Gasteiger partial charge in [-0.15, -0.1) is 0 Å². The predicted octanol–water partition coefficient (Wildman–Crippen LogP) is 5.18. The molecule has 0 bridgehead atoms. The van der Waals surface area contributed by atoms with Crippen molar-refractivity contribution in [1.82, 2.24) is 19.7 Å². The number of carbonyl (C=O) groups excluding carboxylic acids is 1. The molecule has 5 nitrogen and oxygen atoms in total. The number of rotatable bonds is 5. The third kappa shape index (κ3) is 4.48. The van der Waals surface area contributed by atoms with Crippen LogP contribution in [0.3, 0.4) is 0 Å². The number of carbonyl (C=O) groups is 1. The summed E-state index contributed by atoms with van der Waals surface area (Å²) in [5.74, 6) is 0.212. The third-order valence-electron chi connectivity index (χ3n) is 6.61. The number of likely N-dealkylation sites (N-methyl/N-ethyl adjacent to an activating group) is 1. The fraction of sp³-hybridized carbons (Fsp3) is 0.400. The molecule has 2 aromatic carbocycles. The van der Waals surface area contributed by atoms with Crippen LogP contribution in [-0.4, -0.2) is 60.7 Å². The maximum atomic E-state index is 13.5. The number of benzene rings is 2. The second-order valence-electron chi connectivity index (χ2n) is 8.57. The molecule has 1 N–H and O–H groups in total. The first kappa shape index (κ1) is 22.6. The topological polar surface area (TPSA) is 40.5 Å². The number of fused-ring (bicyclic) bond motifs is 1. The van der Waals surface area contributed by atoms with Crippen molar-refractivity contribution in [3.05, 3.63) is 64.6 Å². The van der Waals surface area contributed by atoms with Crippen molar-refractivity contribution in [1.29, 1.82) is 0 Å². The van der Waals surface area contributed by atoms with Crippen molar-refractivity contribution < 1.29 is 9.18 Å². The van der Waals surface area contributed by atoms with Gasteiger partial charge in [0.25, 0.3) is 0 Å². The second kappa shape index (κ2) is 9.51. The lowest BCUT2D eigenvalue weighted by Crippen LogP contribution is -2.42. The standard InChI is InChI=1S/C25H30ClFN4O/c1-17-24(18-10-12-30(13-11-18)15-14-29(3)25(32)28-2)22-9-4-19(26)16-23(22)31(17)21-7-5-20(27)6-8-21/h4-9,16,18H,10-15H2,1-3H3,(H,28,32). The summed E-state index contributed by atoms with van der Waals surface area (Å²) in [5.41, 5.74) is 4.55. The van der Waals surface area contributed by atoms with Gasteiger partial charge in [0.2, 0.25) is 0 Å². The van der Waals surface area contributed by atoms with E-state index in [0.29, 0.717) is 17.5 Å². The lowest BCUT2D eigenvalue weighted by molar-refractivity contribution is 0.178. The second-order valence-corrected chi connectivity index (χ2v) is 9.00. The van der Waals surface area contributed by atoms with Crippen LogP contribution < -0.4 is 5.32 Å². The summed E-state index contributed by atoms with van der Waals surface area (Å²) in [6, 6.07) is 12.6. The molecule has 0 unspecified atom stereocenters. The van der Waals surface area contributed by atoms with Gasteiger partial charge in [-0.1, -0.05) is 17.7 Å². The van der Waals surface area contributed by atoms with E-state index in [9.17, 15) is 9.18 Å². The Kier molecular flexibility index (Phi) is 6.72. The lowest BCUT2D eigenvalue weighted by Gasteiger charge is -2.33. The number of aromatic nitrogens is 1. The van der Waals surface area contributed by atoms with E-state index < -0.39 is 0 Å². The zero-order valence-electron chi connectivity index (χ0n) is 18.9. The highest BCUT2D eigenvalue weighted by Crippen LogP contribution is 2.39. The maximum absolute atomic E-state index is 13.5. The fourth-order valence-electron chi connectivity index (χ4n) is 4.88. The molecule has 4 rings (SSSR count). The molecule has 0 saturated carbocycles. The first-order valence-electron chi connectivity index (χ1n) is 11.1. The van der Waals surface area contributed by atoms with Crippen molar-refractivity contribution >= 4 is 28.5 Å². The van der Waals surface area contributed by atoms with Crippen LogP contribution in [0.4, 0.5) is 9.18 Å². The third-order valence-corrected chi connectivity index (χ3v) is 6.84. The fourth-order valence-corrected chi connectivity index (χ4v) is 5.05. The summed E-state index contributed by atoms with van der Waals surface area (Å²) in [5, 5.41) is 4.57. The van der Waals surface area contributed by atoms with E-state index in [0.717, 1.165) is 43.7 Å². The molecule has 1 saturated heterocycles. The first-order chi connectivity index (χ1) is 15.4. The van der Waals surface area contributed by atoms with Gasteiger partial charge < -0.3 is 19.7 Å². The Hall–Kier alpha value is -2.57. The zero-order valence-corrected chi connectivity index (χ0v) is 19.6. The van der Waals surface area contributed by atoms with Gasteiger partial charge in [-0.2, -0.15) is 0 Å². The molecule has 1 aliphatic rings. The van der Waals surface area contributed by atoms with Gasteiger partial charge in [0.1, 0.15) is 5.82 Å². The van der Waals surface area contributed by atoms with E-state index in [-0.39, 0.29) is 11.8 Å². The summed E-state index contributed by atoms with van der Waals surface area (Å²) in [6.45, 7) is 5.75. The summed E-state index contributed by atoms with van der Waals surface area (Å²) in [4.78, 5) is 15.9. The van der Waals surface area contributed by atoms with Crippen LogP contribution in [0.5, 0.6) is 0 Å². The van der Waals surface area contributed by atoms with Gasteiger partial charge in [0, 0.05) is 49.0 Å². The molecule has 2 heterocycles. The van der Waals surface area contributed by atoms with E-state index in [2.05, 4.69) is 27.8 Å². The Bertz CT molecular complexity index is 1100. The van der Waals surface area contributed by atoms with Gasteiger partial charge >= 0.3 is 6.03 Å². The minimum Gasteiger partial charge on any atom is -0.341 e. The van der Waals surface area contributed by atoms with Gasteiger partial charge in [-0.05, 0) is 80.7 Å². The Morgan fingerprint density at radius 2 is 1.88 bits per heavy atom. The van der Waals surface area contributed by atoms with Gasteiger partial charge in [-0.25, -0.2) is 9.18 Å². The van der Waals surface area contributed by atoms with Crippen molar-refractivity contribution in [2.75, 3.05) is 40.3 Å². The quantitative estimate of drug-likeness (QED) is 0.574. The molecule has 7 heteroatoms. The van der Waals surface area contributed by atoms with Crippen LogP contribution in [-0.2, 0) is 0 Å². The highest BCUT2D eigenvalue weighted by molar-refractivity contribution is 6.31. The first-order valence-corrected chi connectivity index (χ1v) is 11.5. The summed E-state index contributed by atoms with van der Waals surface area (Å²) in [7, 11) is 3.48. The van der Waals surface area contributed by atoms with E-state index in [1.165, 1.54) is 28.8 Å². The highest BCUT2D eigenvalue weighted by atomic mass is 35.5. The van der Waals surface area contributed by atoms with Crippen LogP contribution >= 0.6 is 11.6 Å². The number of likely N-dealkylation sites (tertiary alicyclic amines) is 1. The molecular formula is C25H30ClFN4O. The lowest BCUT2D eigenvalue weighted by atomic mass is 9.87. The van der Waals surface area contributed by atoms with Crippen LogP contribution in [0.15, 0.2) is 42.5 Å². The molecule has 32 heavy (non-hydrogen) atoms. The summed E-state index contributed by atoms with van der Waals surface area (Å²) < 4.78 is 15.7. The number of hydrogen-bond acceptors (Lipinski definition) is 2. The van der Waals surface area contributed by atoms with E-state index in [1.807, 2.05) is 31.3 Å². The highest BCUT2D eigenvalue weighted by Gasteiger charge is 2.27. The van der Waals surface area contributed by atoms with Gasteiger partial charge in [-0.3, -0.25) is 0 Å². The van der Waals surface area contributed by atoms with Crippen molar-refractivity contribution in [3.63, 3.8) is 0 Å². The van der Waals surface area contributed by atoms with Crippen LogP contribution in [0.1, 0.15) is 30.0 Å². The van der Waals surface area contributed by atoms with Crippen LogP contribution in [0.25, 0.3) is 16.6 Å². The molecule has 170 valence electrons. The van der Waals surface area contributed by atoms with E-state index in [1.54, 1.807) is 11.9 Å². The minimum absolute atomic E-state index is 0.0530. The molecule has 0 radical (unpaired) electrons. The largest absolute Gasteiger partial charge is 0.341 e. The molecule has 0 atom stereocenters. The number of urea groups is 1. The van der Waals surface area contributed by atoms with Crippen molar-refractivity contribution in [2.24, 2.45) is 0 Å². The number of halogens is 2. The zero-order chi connectivity index (χ0) is 22.8. The Balaban J connectivity index is 1.57. The van der Waals surface area contributed by atoms with Crippen molar-refractivity contribution in [2.45, 2.75) is 25.7 Å². The van der Waals surface area contributed by atoms with Gasteiger partial charge in [0.05, 0.1) is 5.52 Å². The maximum Gasteiger partial charge on any atom is 0.316 e. The molecule has 3 aromatic rings. The monoisotopic (exact) mass is 456 g/mol. The van der Waals surface area contributed by atoms with Crippen LogP contribution in [0, 0.1) is 12.7 Å². The van der Waals surface area contributed by atoms with Crippen LogP contribution in [0.2, 0.25) is 5.02 Å². The molecule has 0 spiro atoms. The normalized spacial score (nSPS) is 15.3. The smallest absolute Gasteiger partial charge is 0.316 e. The van der Waals surface area contributed by atoms with E-state index in [4.69, 9.17) is 11.6 Å². The number of nitrogens with one attached hydrogen (secondary N) is 1. The summed E-state index contributed by atoms with van der Waals surface area (Å²) in [6.07, 6.45) is 2.13. The Labute approximate surface area is 193 Å². The average Bonchev–Trinajstić information content (AvgIpc) is 3.08. The number of nitrogens with zero attached hydrogens (tertiary/aromatic N) is 3. The molecule has 1 fully saturated rings. The minimum atomic E-state index is -0.240.